The third-order valence-electron chi connectivity index (χ3n) is 5.40. The number of imide groups is 1. The van der Waals surface area contributed by atoms with Crippen molar-refractivity contribution in [3.63, 3.8) is 0 Å². The number of benzene rings is 1. The number of pyridine rings is 1. The number of hydrogen-bond donors (Lipinski definition) is 1. The maximum atomic E-state index is 13.0. The van der Waals surface area contributed by atoms with Crippen molar-refractivity contribution in [2.24, 2.45) is 5.92 Å². The van der Waals surface area contributed by atoms with E-state index < -0.39 is 5.54 Å². The Kier molecular flexibility index (Phi) is 3.79. The lowest BCUT2D eigenvalue weighted by Crippen LogP contribution is -2.41. The minimum atomic E-state index is -1.03. The highest BCUT2D eigenvalue weighted by atomic mass is 16.2. The van der Waals surface area contributed by atoms with Gasteiger partial charge >= 0.3 is 6.03 Å². The number of rotatable bonds is 3. The number of nitrogens with zero attached hydrogens (tertiary/aromatic N) is 2. The zero-order valence-corrected chi connectivity index (χ0v) is 14.2. The molecule has 0 saturated carbocycles. The summed E-state index contributed by atoms with van der Waals surface area (Å²) < 4.78 is 0. The molecule has 0 radical (unpaired) electrons. The first kappa shape index (κ1) is 15.8. The predicted octanol–water partition coefficient (Wildman–Crippen LogP) is 2.65. The average molecular weight is 335 g/mol. The molecule has 0 bridgehead atoms. The van der Waals surface area contributed by atoms with Crippen LogP contribution in [0, 0.1) is 5.92 Å². The molecule has 1 N–H and O–H groups in total. The summed E-state index contributed by atoms with van der Waals surface area (Å²) in [5.74, 6) is 0.116. The predicted molar refractivity (Wildman–Crippen MR) is 93.8 cm³/mol. The van der Waals surface area contributed by atoms with E-state index in [1.807, 2.05) is 6.07 Å². The average Bonchev–Trinajstić information content (AvgIpc) is 2.86. The summed E-state index contributed by atoms with van der Waals surface area (Å²) >= 11 is 0. The molecule has 25 heavy (non-hydrogen) atoms. The van der Waals surface area contributed by atoms with E-state index in [1.54, 1.807) is 25.4 Å². The van der Waals surface area contributed by atoms with Gasteiger partial charge in [-0.1, -0.05) is 30.3 Å². The monoisotopic (exact) mass is 335 g/mol. The molecule has 2 atom stereocenters. The van der Waals surface area contributed by atoms with Gasteiger partial charge in [-0.2, -0.15) is 0 Å². The number of amides is 3. The number of aromatic nitrogens is 1. The maximum Gasteiger partial charge on any atom is 0.325 e. The zero-order valence-electron chi connectivity index (χ0n) is 14.2. The van der Waals surface area contributed by atoms with Crippen LogP contribution in [0.1, 0.15) is 30.0 Å². The molecular formula is C20H21N3O2. The third-order valence-corrected chi connectivity index (χ3v) is 5.40. The van der Waals surface area contributed by atoms with E-state index >= 15 is 0 Å². The zero-order chi connectivity index (χ0) is 17.4. The highest BCUT2D eigenvalue weighted by Crippen LogP contribution is 2.31. The van der Waals surface area contributed by atoms with Crippen molar-refractivity contribution in [2.45, 2.75) is 31.7 Å². The fraction of sp³-hybridized carbons (Fsp3) is 0.350. The first-order chi connectivity index (χ1) is 12.1. The second kappa shape index (κ2) is 5.99. The van der Waals surface area contributed by atoms with E-state index in [2.05, 4.69) is 34.6 Å². The highest BCUT2D eigenvalue weighted by molar-refractivity contribution is 6.07. The molecule has 1 aromatic carbocycles. The number of fused-ring (bicyclic) bond motifs is 1. The van der Waals surface area contributed by atoms with Gasteiger partial charge in [0.05, 0.1) is 0 Å². The second-order valence-electron chi connectivity index (χ2n) is 7.09. The number of hydrogen-bond acceptors (Lipinski definition) is 3. The van der Waals surface area contributed by atoms with Crippen molar-refractivity contribution < 1.29 is 9.59 Å². The fourth-order valence-corrected chi connectivity index (χ4v) is 3.90. The summed E-state index contributed by atoms with van der Waals surface area (Å²) in [5.41, 5.74) is 2.40. The molecule has 2 aromatic rings. The van der Waals surface area contributed by atoms with E-state index in [0.29, 0.717) is 18.0 Å². The Labute approximate surface area is 147 Å². The van der Waals surface area contributed by atoms with Crippen molar-refractivity contribution in [1.29, 1.82) is 0 Å². The summed E-state index contributed by atoms with van der Waals surface area (Å²) in [5, 5.41) is 2.85. The van der Waals surface area contributed by atoms with E-state index in [-0.39, 0.29) is 11.9 Å². The molecule has 0 unspecified atom stereocenters. The third kappa shape index (κ3) is 2.69. The van der Waals surface area contributed by atoms with E-state index in [1.165, 1.54) is 16.0 Å². The molecule has 5 nitrogen and oxygen atoms in total. The van der Waals surface area contributed by atoms with Crippen LogP contribution < -0.4 is 5.32 Å². The second-order valence-corrected chi connectivity index (χ2v) is 7.09. The van der Waals surface area contributed by atoms with Gasteiger partial charge in [0.1, 0.15) is 5.54 Å². The number of carbonyl (C=O) groups is 2. The van der Waals surface area contributed by atoms with Gasteiger partial charge in [0.2, 0.25) is 0 Å². The molecule has 1 saturated heterocycles. The van der Waals surface area contributed by atoms with Crippen molar-refractivity contribution in [3.05, 3.63) is 65.5 Å². The molecule has 3 amide bonds. The molecule has 1 aliphatic heterocycles. The van der Waals surface area contributed by atoms with Crippen LogP contribution in [-0.2, 0) is 23.2 Å². The van der Waals surface area contributed by atoms with Gasteiger partial charge in [-0.3, -0.25) is 14.7 Å². The summed E-state index contributed by atoms with van der Waals surface area (Å²) in [6.07, 6.45) is 6.21. The van der Waals surface area contributed by atoms with Crippen LogP contribution in [-0.4, -0.2) is 28.4 Å². The van der Waals surface area contributed by atoms with Gasteiger partial charge in [0, 0.05) is 24.5 Å². The Bertz CT molecular complexity index is 821. The number of carbonyl (C=O) groups excluding carboxylic acids is 2. The number of urea groups is 1. The summed E-state index contributed by atoms with van der Waals surface area (Å²) in [7, 11) is 0. The van der Waals surface area contributed by atoms with Crippen LogP contribution in [0.15, 0.2) is 48.8 Å². The molecule has 128 valence electrons. The van der Waals surface area contributed by atoms with Gasteiger partial charge in [-0.15, -0.1) is 0 Å². The Hall–Kier alpha value is -2.69. The van der Waals surface area contributed by atoms with Gasteiger partial charge in [0.25, 0.3) is 5.91 Å². The largest absolute Gasteiger partial charge is 0.325 e. The van der Waals surface area contributed by atoms with Gasteiger partial charge < -0.3 is 5.32 Å². The lowest BCUT2D eigenvalue weighted by molar-refractivity contribution is -0.131. The minimum Gasteiger partial charge on any atom is -0.319 e. The normalized spacial score (nSPS) is 25.6. The summed E-state index contributed by atoms with van der Waals surface area (Å²) in [6.45, 7) is 2.22. The standard InChI is InChI=1S/C20H21N3O2/c1-20(17-7-4-10-21-12-17)18(24)23(19(25)22-20)13-14-8-9-15-5-2-3-6-16(15)11-14/h2-7,10,12,14H,8-9,11,13H2,1H3,(H,22,25)/t14-,20-/m1/s1. The molecule has 4 rings (SSSR count). The molecule has 2 heterocycles. The first-order valence-corrected chi connectivity index (χ1v) is 8.69. The molecular weight excluding hydrogens is 314 g/mol. The van der Waals surface area contributed by atoms with Crippen LogP contribution in [0.25, 0.3) is 0 Å². The van der Waals surface area contributed by atoms with E-state index in [9.17, 15) is 9.59 Å². The van der Waals surface area contributed by atoms with Gasteiger partial charge in [-0.05, 0) is 49.3 Å². The van der Waals surface area contributed by atoms with Gasteiger partial charge in [-0.25, -0.2) is 4.79 Å². The minimum absolute atomic E-state index is 0.190. The SMILES string of the molecule is C[C@]1(c2cccnc2)NC(=O)N(C[C@@H]2CCc3ccccc3C2)C1=O. The first-order valence-electron chi connectivity index (χ1n) is 8.69. The van der Waals surface area contributed by atoms with Crippen LogP contribution in [0.5, 0.6) is 0 Å². The van der Waals surface area contributed by atoms with Crippen molar-refractivity contribution in [2.75, 3.05) is 6.54 Å². The van der Waals surface area contributed by atoms with Crippen LogP contribution in [0.4, 0.5) is 4.79 Å². The molecule has 1 fully saturated rings. The van der Waals surface area contributed by atoms with E-state index in [0.717, 1.165) is 19.3 Å². The molecule has 1 aromatic heterocycles. The number of nitrogens with one attached hydrogen (secondary N) is 1. The van der Waals surface area contributed by atoms with Crippen molar-refractivity contribution >= 4 is 11.9 Å². The lowest BCUT2D eigenvalue weighted by Gasteiger charge is -2.28. The highest BCUT2D eigenvalue weighted by Gasteiger charge is 2.49. The molecule has 1 aliphatic carbocycles. The Morgan fingerprint density at radius 2 is 2.00 bits per heavy atom. The lowest BCUT2D eigenvalue weighted by atomic mass is 9.83. The Morgan fingerprint density at radius 3 is 2.76 bits per heavy atom. The van der Waals surface area contributed by atoms with Crippen LogP contribution >= 0.6 is 0 Å². The molecule has 0 spiro atoms. The molecule has 2 aliphatic rings. The van der Waals surface area contributed by atoms with E-state index in [4.69, 9.17) is 0 Å². The van der Waals surface area contributed by atoms with Crippen LogP contribution in [0.3, 0.4) is 0 Å². The Balaban J connectivity index is 1.52. The summed E-state index contributed by atoms with van der Waals surface area (Å²) in [6, 6.07) is 11.7. The van der Waals surface area contributed by atoms with Crippen molar-refractivity contribution in [1.82, 2.24) is 15.2 Å². The smallest absolute Gasteiger partial charge is 0.319 e. The fourth-order valence-electron chi connectivity index (χ4n) is 3.90. The quantitative estimate of drug-likeness (QED) is 0.877. The van der Waals surface area contributed by atoms with Crippen LogP contribution in [0.2, 0.25) is 0 Å². The maximum absolute atomic E-state index is 13.0. The number of aryl methyl sites for hydroxylation is 1. The Morgan fingerprint density at radius 1 is 1.20 bits per heavy atom. The summed E-state index contributed by atoms with van der Waals surface area (Å²) in [4.78, 5) is 30.9. The van der Waals surface area contributed by atoms with Gasteiger partial charge in [0.15, 0.2) is 0 Å². The van der Waals surface area contributed by atoms with Crippen molar-refractivity contribution in [3.8, 4) is 0 Å². The molecule has 5 heteroatoms. The topological polar surface area (TPSA) is 62.3 Å².